The van der Waals surface area contributed by atoms with Gasteiger partial charge in [0.1, 0.15) is 6.04 Å². The first-order chi connectivity index (χ1) is 20.3. The van der Waals surface area contributed by atoms with Crippen LogP contribution in [0.2, 0.25) is 0 Å². The zero-order valence-corrected chi connectivity index (χ0v) is 22.6. The van der Waals surface area contributed by atoms with Gasteiger partial charge in [0.15, 0.2) is 11.2 Å². The Hall–Kier alpha value is -4.71. The van der Waals surface area contributed by atoms with Gasteiger partial charge in [0.25, 0.3) is 11.5 Å². The summed E-state index contributed by atoms with van der Waals surface area (Å²) in [5, 5.41) is 17.7. The van der Waals surface area contributed by atoms with Crippen LogP contribution < -0.4 is 33.1 Å². The zero-order valence-electron chi connectivity index (χ0n) is 22.6. The smallest absolute Gasteiger partial charge is 0.326 e. The highest BCUT2D eigenvalue weighted by Crippen LogP contribution is 2.12. The van der Waals surface area contributed by atoms with Crippen molar-refractivity contribution in [1.29, 1.82) is 0 Å². The first-order valence-electron chi connectivity index (χ1n) is 12.9. The number of anilines is 2. The van der Waals surface area contributed by atoms with E-state index < -0.39 is 23.5 Å². The van der Waals surface area contributed by atoms with Crippen LogP contribution in [0.15, 0.2) is 35.3 Å². The van der Waals surface area contributed by atoms with E-state index in [0.29, 0.717) is 31.2 Å². The van der Waals surface area contributed by atoms with Crippen molar-refractivity contribution >= 4 is 40.6 Å². The lowest BCUT2D eigenvalue weighted by Gasteiger charge is -2.15. The first kappa shape index (κ1) is 31.8. The second-order valence-corrected chi connectivity index (χ2v) is 8.76. The second kappa shape index (κ2) is 16.5. The molecule has 42 heavy (non-hydrogen) atoms. The number of benzene rings is 1. The van der Waals surface area contributed by atoms with E-state index in [4.69, 9.17) is 21.1 Å². The third kappa shape index (κ3) is 10.4. The molecule has 0 bridgehead atoms. The average molecular weight is 588 g/mol. The summed E-state index contributed by atoms with van der Waals surface area (Å²) >= 11 is 0. The van der Waals surface area contributed by atoms with Crippen molar-refractivity contribution in [3.05, 3.63) is 52.1 Å². The fourth-order valence-corrected chi connectivity index (χ4v) is 3.54. The fraction of sp³-hybridized carbons (Fsp3) is 0.400. The number of amides is 2. The average Bonchev–Trinajstić information content (AvgIpc) is 2.97. The number of carboxylic acid groups (broad SMARTS) is 1. The van der Waals surface area contributed by atoms with Gasteiger partial charge in [0.05, 0.1) is 51.5 Å². The molecule has 0 saturated carbocycles. The number of nitrogens with two attached hydrogens (primary N) is 2. The zero-order chi connectivity index (χ0) is 30.3. The maximum absolute atomic E-state index is 12.6. The van der Waals surface area contributed by atoms with Crippen LogP contribution in [0, 0.1) is 0 Å². The summed E-state index contributed by atoms with van der Waals surface area (Å²) in [6, 6.07) is 5.04. The van der Waals surface area contributed by atoms with E-state index in [2.05, 4.69) is 40.7 Å². The Bertz CT molecular complexity index is 1400. The van der Waals surface area contributed by atoms with E-state index in [1.807, 2.05) is 0 Å². The van der Waals surface area contributed by atoms with Gasteiger partial charge in [-0.25, -0.2) is 20.7 Å². The van der Waals surface area contributed by atoms with E-state index in [9.17, 15) is 24.3 Å². The van der Waals surface area contributed by atoms with Gasteiger partial charge in [-0.2, -0.15) is 4.98 Å². The van der Waals surface area contributed by atoms with Crippen molar-refractivity contribution in [2.75, 3.05) is 50.6 Å². The maximum Gasteiger partial charge on any atom is 0.326 e. The number of rotatable bonds is 18. The molecule has 1 atom stereocenters. The normalized spacial score (nSPS) is 11.6. The molecule has 17 heteroatoms. The molecule has 3 rings (SSSR count). The predicted octanol–water partition coefficient (Wildman–Crippen LogP) is -1.09. The summed E-state index contributed by atoms with van der Waals surface area (Å²) in [5.41, 5.74) is 6.54. The minimum atomic E-state index is -1.26. The van der Waals surface area contributed by atoms with Crippen LogP contribution in [0.1, 0.15) is 28.9 Å². The Balaban J connectivity index is 1.40. The van der Waals surface area contributed by atoms with Crippen LogP contribution in [0.3, 0.4) is 0 Å². The van der Waals surface area contributed by atoms with Gasteiger partial charge < -0.3 is 41.1 Å². The van der Waals surface area contributed by atoms with Gasteiger partial charge in [-0.1, -0.05) is 0 Å². The largest absolute Gasteiger partial charge is 0.480 e. The fourth-order valence-electron chi connectivity index (χ4n) is 3.54. The molecule has 0 fully saturated rings. The van der Waals surface area contributed by atoms with Crippen molar-refractivity contribution in [2.45, 2.75) is 25.4 Å². The number of H-pyrrole nitrogens is 1. The lowest BCUT2D eigenvalue weighted by Crippen LogP contribution is -2.41. The summed E-state index contributed by atoms with van der Waals surface area (Å²) in [6.07, 6.45) is 1.26. The van der Waals surface area contributed by atoms with Crippen LogP contribution in [0.25, 0.3) is 11.2 Å². The first-order valence-corrected chi connectivity index (χ1v) is 12.9. The molecule has 0 aliphatic carbocycles. The van der Waals surface area contributed by atoms with Crippen molar-refractivity contribution in [3.63, 3.8) is 0 Å². The number of hydrogen-bond donors (Lipinski definition) is 7. The molecule has 0 radical (unpaired) electrons. The number of ether oxygens (including phenoxy) is 2. The van der Waals surface area contributed by atoms with Gasteiger partial charge in [0.2, 0.25) is 11.9 Å². The number of carboxylic acids is 1. The number of aromatic amines is 1. The Kier molecular flexibility index (Phi) is 12.5. The molecule has 3 aromatic rings. The molecule has 226 valence electrons. The molecule has 2 amide bonds. The molecule has 2 aromatic heterocycles. The van der Waals surface area contributed by atoms with Crippen molar-refractivity contribution in [1.82, 2.24) is 30.6 Å². The lowest BCUT2D eigenvalue weighted by molar-refractivity contribution is -0.139. The SMILES string of the molecule is NOCCOCCOCCNC(=O)CCC(NC(=O)c1ccc(NCc2cnc3nc(N)[nH]c(=O)c3n2)cc1)C(=O)O. The standard InChI is InChI=1S/C25H33N9O8/c26-25-33-21-20(23(37)34-25)31-17(14-30-21)13-29-16-3-1-15(2-4-16)22(36)32-18(24(38)39)5-6-19(35)28-7-8-40-9-10-41-11-12-42-27/h1-4,14,18,29H,5-13,27H2,(H,28,35)(H,32,36)(H,38,39)(H3,26,30,33,34,37). The lowest BCUT2D eigenvalue weighted by atomic mass is 10.1. The number of aromatic nitrogens is 4. The summed E-state index contributed by atoms with van der Waals surface area (Å²) in [5.74, 6) is 2.59. The van der Waals surface area contributed by atoms with E-state index >= 15 is 0 Å². The van der Waals surface area contributed by atoms with Crippen molar-refractivity contribution < 1.29 is 33.8 Å². The third-order valence-corrected chi connectivity index (χ3v) is 5.66. The highest BCUT2D eigenvalue weighted by Gasteiger charge is 2.21. The van der Waals surface area contributed by atoms with E-state index in [1.54, 1.807) is 12.1 Å². The van der Waals surface area contributed by atoms with Gasteiger partial charge >= 0.3 is 5.97 Å². The molecule has 0 aliphatic heterocycles. The van der Waals surface area contributed by atoms with E-state index in [0.717, 1.165) is 0 Å². The number of nitrogen functional groups attached to an aromatic ring is 1. The maximum atomic E-state index is 12.6. The molecule has 1 aromatic carbocycles. The minimum absolute atomic E-state index is 0.0527. The topological polar surface area (TPSA) is 259 Å². The molecule has 0 spiro atoms. The van der Waals surface area contributed by atoms with Gasteiger partial charge in [-0.15, -0.1) is 0 Å². The van der Waals surface area contributed by atoms with E-state index in [-0.39, 0.29) is 67.7 Å². The third-order valence-electron chi connectivity index (χ3n) is 5.66. The molecular formula is C25H33N9O8. The molecule has 2 heterocycles. The van der Waals surface area contributed by atoms with Gasteiger partial charge in [-0.05, 0) is 30.7 Å². The molecule has 0 saturated heterocycles. The molecule has 17 nitrogen and oxygen atoms in total. The number of nitrogens with one attached hydrogen (secondary N) is 4. The number of aliphatic carboxylic acids is 1. The number of hydrogen-bond acceptors (Lipinski definition) is 13. The van der Waals surface area contributed by atoms with Crippen LogP contribution in [0.5, 0.6) is 0 Å². The molecular weight excluding hydrogens is 554 g/mol. The van der Waals surface area contributed by atoms with E-state index in [1.165, 1.54) is 18.3 Å². The van der Waals surface area contributed by atoms with Crippen molar-refractivity contribution in [3.8, 4) is 0 Å². The Morgan fingerprint density at radius 1 is 1.02 bits per heavy atom. The van der Waals surface area contributed by atoms with Crippen LogP contribution in [0.4, 0.5) is 11.6 Å². The Labute approximate surface area is 239 Å². The summed E-state index contributed by atoms with van der Waals surface area (Å²) in [7, 11) is 0. The molecule has 9 N–H and O–H groups in total. The molecule has 1 unspecified atom stereocenters. The van der Waals surface area contributed by atoms with Crippen LogP contribution in [-0.2, 0) is 30.4 Å². The van der Waals surface area contributed by atoms with Crippen LogP contribution >= 0.6 is 0 Å². The number of fused-ring (bicyclic) bond motifs is 1. The quantitative estimate of drug-likeness (QED) is 0.0689. The highest BCUT2D eigenvalue weighted by molar-refractivity contribution is 5.97. The Morgan fingerprint density at radius 3 is 2.45 bits per heavy atom. The second-order valence-electron chi connectivity index (χ2n) is 8.76. The van der Waals surface area contributed by atoms with Gasteiger partial charge in [-0.3, -0.25) is 19.4 Å². The Morgan fingerprint density at radius 2 is 1.74 bits per heavy atom. The number of carbonyl (C=O) groups is 3. The summed E-state index contributed by atoms with van der Waals surface area (Å²) in [6.45, 7) is 2.05. The number of nitrogens with zero attached hydrogens (tertiary/aromatic N) is 3. The molecule has 0 aliphatic rings. The highest BCUT2D eigenvalue weighted by atomic mass is 16.6. The monoisotopic (exact) mass is 587 g/mol. The predicted molar refractivity (Wildman–Crippen MR) is 149 cm³/mol. The summed E-state index contributed by atoms with van der Waals surface area (Å²) < 4.78 is 10.5. The van der Waals surface area contributed by atoms with Crippen molar-refractivity contribution in [2.24, 2.45) is 5.90 Å². The minimum Gasteiger partial charge on any atom is -0.480 e. The number of carbonyl (C=O) groups excluding carboxylic acids is 2. The summed E-state index contributed by atoms with van der Waals surface area (Å²) in [4.78, 5) is 67.4. The van der Waals surface area contributed by atoms with Crippen LogP contribution in [-0.4, -0.2) is 88.4 Å². The van der Waals surface area contributed by atoms with Gasteiger partial charge in [0, 0.05) is 24.2 Å².